The number of aryl methyl sites for hydroxylation is 1. The maximum absolute atomic E-state index is 14.2. The second-order valence-electron chi connectivity index (χ2n) is 13.0. The molecule has 222 valence electrons. The van der Waals surface area contributed by atoms with Gasteiger partial charge in [0, 0.05) is 37.6 Å². The fraction of sp³-hybridized carbons (Fsp3) is 0.688. The number of ether oxygens (including phenoxy) is 1. The number of hydrogen-bond acceptors (Lipinski definition) is 7. The van der Waals surface area contributed by atoms with Crippen LogP contribution in [0.15, 0.2) is 30.9 Å². The Balaban J connectivity index is 1.24. The second-order valence-corrected chi connectivity index (χ2v) is 13.0. The van der Waals surface area contributed by atoms with Gasteiger partial charge in [-0.15, -0.1) is 0 Å². The van der Waals surface area contributed by atoms with Crippen LogP contribution in [-0.4, -0.2) is 91.1 Å². The van der Waals surface area contributed by atoms with Gasteiger partial charge in [-0.25, -0.2) is 4.39 Å². The third kappa shape index (κ3) is 5.70. The van der Waals surface area contributed by atoms with Crippen LogP contribution >= 0.6 is 0 Å². The van der Waals surface area contributed by atoms with Crippen LogP contribution in [0.1, 0.15) is 62.5 Å². The molecule has 1 spiro atoms. The molecular weight excluding hydrogens is 519 g/mol. The highest BCUT2D eigenvalue weighted by atomic mass is 19.1. The Labute approximate surface area is 243 Å². The average Bonchev–Trinajstić information content (AvgIpc) is 3.39. The van der Waals surface area contributed by atoms with Crippen molar-refractivity contribution in [3.8, 4) is 6.07 Å². The van der Waals surface area contributed by atoms with Crippen LogP contribution < -0.4 is 10.6 Å². The molecule has 1 amide bonds. The highest BCUT2D eigenvalue weighted by molar-refractivity contribution is 5.87. The van der Waals surface area contributed by atoms with E-state index in [4.69, 9.17) is 4.74 Å². The van der Waals surface area contributed by atoms with E-state index in [0.717, 1.165) is 58.0 Å². The SMILES string of the molecule is C=CC(=O)N1CCN(C2NC(OC[C@H]3CCCN3C)NC3C[C@@]4(CCCc5cc(F)ccc54)CCC32)C[C@H]1CC#N. The zero-order valence-electron chi connectivity index (χ0n) is 24.4. The Kier molecular flexibility index (Phi) is 8.49. The van der Waals surface area contributed by atoms with Gasteiger partial charge in [0.25, 0.3) is 0 Å². The molecule has 5 aliphatic rings. The van der Waals surface area contributed by atoms with Gasteiger partial charge in [0.1, 0.15) is 5.82 Å². The lowest BCUT2D eigenvalue weighted by Gasteiger charge is -2.56. The quantitative estimate of drug-likeness (QED) is 0.514. The van der Waals surface area contributed by atoms with Gasteiger partial charge in [-0.3, -0.25) is 20.3 Å². The molecule has 1 aromatic carbocycles. The molecule has 7 atom stereocenters. The summed E-state index contributed by atoms with van der Waals surface area (Å²) in [6.45, 7) is 7.45. The van der Waals surface area contributed by atoms with Crippen molar-refractivity contribution in [2.45, 2.75) is 93.8 Å². The number of likely N-dealkylation sites (N-methyl/N-ethyl adjacent to an activating group) is 1. The summed E-state index contributed by atoms with van der Waals surface area (Å²) in [6.07, 6.45) is 10.2. The number of rotatable bonds is 6. The first-order chi connectivity index (χ1) is 19.9. The van der Waals surface area contributed by atoms with Crippen molar-refractivity contribution in [1.82, 2.24) is 25.3 Å². The van der Waals surface area contributed by atoms with Crippen LogP contribution in [0, 0.1) is 23.1 Å². The Morgan fingerprint density at radius 2 is 2.10 bits per heavy atom. The number of likely N-dealkylation sites (tertiary alicyclic amines) is 1. The maximum Gasteiger partial charge on any atom is 0.246 e. The molecule has 8 nitrogen and oxygen atoms in total. The first-order valence-corrected chi connectivity index (χ1v) is 15.6. The van der Waals surface area contributed by atoms with Crippen molar-refractivity contribution in [3.05, 3.63) is 47.8 Å². The first-order valence-electron chi connectivity index (χ1n) is 15.6. The minimum absolute atomic E-state index is 0.0615. The lowest BCUT2D eigenvalue weighted by atomic mass is 9.58. The Hall–Kier alpha value is -2.35. The van der Waals surface area contributed by atoms with E-state index in [1.54, 1.807) is 12.1 Å². The van der Waals surface area contributed by atoms with E-state index in [1.165, 1.54) is 23.6 Å². The van der Waals surface area contributed by atoms with Crippen LogP contribution in [0.25, 0.3) is 0 Å². The van der Waals surface area contributed by atoms with Crippen LogP contribution in [-0.2, 0) is 21.4 Å². The number of fused-ring (bicyclic) bond motifs is 3. The second kappa shape index (κ2) is 12.1. The predicted molar refractivity (Wildman–Crippen MR) is 155 cm³/mol. The number of amides is 1. The van der Waals surface area contributed by atoms with Gasteiger partial charge in [0.15, 0.2) is 6.35 Å². The summed E-state index contributed by atoms with van der Waals surface area (Å²) in [5, 5.41) is 17.2. The Bertz CT molecular complexity index is 1170. The van der Waals surface area contributed by atoms with Gasteiger partial charge in [-0.2, -0.15) is 5.26 Å². The van der Waals surface area contributed by atoms with Crippen molar-refractivity contribution in [1.29, 1.82) is 5.26 Å². The number of nitrogens with zero attached hydrogens (tertiary/aromatic N) is 4. The van der Waals surface area contributed by atoms with E-state index in [0.29, 0.717) is 38.1 Å². The van der Waals surface area contributed by atoms with Crippen LogP contribution in [0.4, 0.5) is 4.39 Å². The number of hydrogen-bond donors (Lipinski definition) is 2. The van der Waals surface area contributed by atoms with Crippen LogP contribution in [0.5, 0.6) is 0 Å². The number of piperazine rings is 1. The fourth-order valence-corrected chi connectivity index (χ4v) is 8.60. The van der Waals surface area contributed by atoms with E-state index in [9.17, 15) is 14.4 Å². The molecule has 3 saturated heterocycles. The number of carbonyl (C=O) groups is 1. The van der Waals surface area contributed by atoms with E-state index in [2.05, 4.69) is 46.2 Å². The van der Waals surface area contributed by atoms with E-state index < -0.39 is 0 Å². The van der Waals surface area contributed by atoms with Crippen molar-refractivity contribution < 1.29 is 13.9 Å². The smallest absolute Gasteiger partial charge is 0.246 e. The molecule has 9 heteroatoms. The van der Waals surface area contributed by atoms with Crippen LogP contribution in [0.2, 0.25) is 0 Å². The predicted octanol–water partition coefficient (Wildman–Crippen LogP) is 3.09. The van der Waals surface area contributed by atoms with E-state index >= 15 is 0 Å². The van der Waals surface area contributed by atoms with Gasteiger partial charge < -0.3 is 14.5 Å². The molecule has 41 heavy (non-hydrogen) atoms. The van der Waals surface area contributed by atoms with Crippen LogP contribution in [0.3, 0.4) is 0 Å². The summed E-state index contributed by atoms with van der Waals surface area (Å²) < 4.78 is 20.7. The third-order valence-corrected chi connectivity index (χ3v) is 10.7. The molecule has 3 heterocycles. The topological polar surface area (TPSA) is 83.9 Å². The minimum Gasteiger partial charge on any atom is -0.348 e. The summed E-state index contributed by atoms with van der Waals surface area (Å²) in [4.78, 5) is 19.2. The maximum atomic E-state index is 14.2. The number of nitriles is 1. The molecule has 1 aromatic rings. The molecule has 4 fully saturated rings. The summed E-state index contributed by atoms with van der Waals surface area (Å²) in [5.74, 6) is 0.126. The summed E-state index contributed by atoms with van der Waals surface area (Å²) in [7, 11) is 2.18. The van der Waals surface area contributed by atoms with Gasteiger partial charge in [-0.05, 0) is 99.7 Å². The standard InChI is InChI=1S/C32H45FN6O2/c1-3-29(40)39-17-16-38(20-24(39)11-14-34)30-26-10-13-32(12-4-6-22-18-23(33)8-9-27(22)32)19-28(26)35-31(36-30)41-21-25-7-5-15-37(25)2/h3,8-9,18,24-26,28,30-31,35-36H,1,4-7,10-13,15-17,19-21H2,2H3/t24-,25-,26?,28?,30?,31?,32-/m1/s1. The molecule has 3 aliphatic heterocycles. The summed E-state index contributed by atoms with van der Waals surface area (Å²) in [5.41, 5.74) is 2.59. The molecule has 0 radical (unpaired) electrons. The zero-order chi connectivity index (χ0) is 28.6. The average molecular weight is 565 g/mol. The normalized spacial score (nSPS) is 36.0. The number of nitrogens with one attached hydrogen (secondary N) is 2. The van der Waals surface area contributed by atoms with E-state index in [-0.39, 0.29) is 41.7 Å². The van der Waals surface area contributed by atoms with Gasteiger partial charge in [0.2, 0.25) is 5.91 Å². The van der Waals surface area contributed by atoms with Gasteiger partial charge >= 0.3 is 0 Å². The van der Waals surface area contributed by atoms with Crippen molar-refractivity contribution >= 4 is 5.91 Å². The highest BCUT2D eigenvalue weighted by Crippen LogP contribution is 2.50. The lowest BCUT2D eigenvalue weighted by Crippen LogP contribution is -2.72. The number of halogens is 1. The minimum atomic E-state index is -0.274. The fourth-order valence-electron chi connectivity index (χ4n) is 8.60. The third-order valence-electron chi connectivity index (χ3n) is 10.7. The van der Waals surface area contributed by atoms with Gasteiger partial charge in [0.05, 0.1) is 31.3 Å². The molecular formula is C32H45FN6O2. The largest absolute Gasteiger partial charge is 0.348 e. The van der Waals surface area contributed by atoms with Crippen molar-refractivity contribution in [2.75, 3.05) is 39.8 Å². The van der Waals surface area contributed by atoms with E-state index in [1.807, 2.05) is 4.90 Å². The zero-order valence-corrected chi connectivity index (χ0v) is 24.4. The first kappa shape index (κ1) is 28.8. The Morgan fingerprint density at radius 3 is 2.88 bits per heavy atom. The molecule has 2 aliphatic carbocycles. The molecule has 1 saturated carbocycles. The summed E-state index contributed by atoms with van der Waals surface area (Å²) in [6, 6.07) is 8.27. The molecule has 6 rings (SSSR count). The summed E-state index contributed by atoms with van der Waals surface area (Å²) >= 11 is 0. The van der Waals surface area contributed by atoms with Crippen molar-refractivity contribution in [2.24, 2.45) is 5.92 Å². The number of carbonyl (C=O) groups excluding carboxylic acids is 1. The Morgan fingerprint density at radius 1 is 1.22 bits per heavy atom. The molecule has 2 N–H and O–H groups in total. The molecule has 0 aromatic heterocycles. The van der Waals surface area contributed by atoms with Gasteiger partial charge in [-0.1, -0.05) is 12.6 Å². The molecule has 0 bridgehead atoms. The lowest BCUT2D eigenvalue weighted by molar-refractivity contribution is -0.136. The highest BCUT2D eigenvalue weighted by Gasteiger charge is 2.50. The van der Waals surface area contributed by atoms with Crippen molar-refractivity contribution in [3.63, 3.8) is 0 Å². The monoisotopic (exact) mass is 564 g/mol. The molecule has 4 unspecified atom stereocenters. The number of benzene rings is 1.